The molecular weight excluding hydrogens is 392 g/mol. The molecule has 1 heterocycles. The molecular formula is C21H22N2O3S2. The zero-order valence-corrected chi connectivity index (χ0v) is 17.6. The fourth-order valence-electron chi connectivity index (χ4n) is 2.87. The predicted molar refractivity (Wildman–Crippen MR) is 113 cm³/mol. The smallest absolute Gasteiger partial charge is 0.256 e. The zero-order valence-electron chi connectivity index (χ0n) is 16.0. The van der Waals surface area contributed by atoms with E-state index in [4.69, 9.17) is 0 Å². The number of carbonyl (C=O) groups is 1. The Kier molecular flexibility index (Phi) is 5.98. The summed E-state index contributed by atoms with van der Waals surface area (Å²) in [4.78, 5) is 14.6. The molecule has 3 rings (SSSR count). The Hall–Kier alpha value is -2.48. The van der Waals surface area contributed by atoms with E-state index in [2.05, 4.69) is 5.32 Å². The maximum absolute atomic E-state index is 12.8. The number of carbonyl (C=O) groups excluding carboxylic acids is 1. The number of rotatable bonds is 6. The number of hydrogen-bond donors (Lipinski definition) is 1. The number of aryl methyl sites for hydroxylation is 2. The summed E-state index contributed by atoms with van der Waals surface area (Å²) in [6.45, 7) is 4.16. The van der Waals surface area contributed by atoms with Crippen LogP contribution < -0.4 is 5.32 Å². The summed E-state index contributed by atoms with van der Waals surface area (Å²) in [6, 6.07) is 17.5. The SMILES string of the molecule is Cc1cc(C(=O)Nc2ccc(S(=O)(=O)N(C)Cc3ccccc3)cc2)c(C)s1. The van der Waals surface area contributed by atoms with Gasteiger partial charge in [-0.1, -0.05) is 30.3 Å². The molecule has 0 saturated carbocycles. The molecule has 1 N–H and O–H groups in total. The normalized spacial score (nSPS) is 11.6. The van der Waals surface area contributed by atoms with Gasteiger partial charge in [-0.15, -0.1) is 11.3 Å². The fourth-order valence-corrected chi connectivity index (χ4v) is 4.95. The molecule has 0 aliphatic carbocycles. The second kappa shape index (κ2) is 8.26. The first kappa shape index (κ1) is 20.3. The van der Waals surface area contributed by atoms with Gasteiger partial charge in [-0.25, -0.2) is 8.42 Å². The summed E-state index contributed by atoms with van der Waals surface area (Å²) >= 11 is 1.57. The third-order valence-corrected chi connectivity index (χ3v) is 7.14. The first-order chi connectivity index (χ1) is 13.3. The number of amides is 1. The van der Waals surface area contributed by atoms with Gasteiger partial charge in [0.25, 0.3) is 5.91 Å². The maximum atomic E-state index is 12.8. The van der Waals surface area contributed by atoms with Gasteiger partial charge in [0.05, 0.1) is 10.5 Å². The van der Waals surface area contributed by atoms with Crippen molar-refractivity contribution < 1.29 is 13.2 Å². The molecule has 0 saturated heterocycles. The van der Waals surface area contributed by atoms with Gasteiger partial charge in [0, 0.05) is 29.0 Å². The summed E-state index contributed by atoms with van der Waals surface area (Å²) in [7, 11) is -2.06. The standard InChI is InChI=1S/C21H22N2O3S2/c1-15-13-20(16(2)27-15)21(24)22-18-9-11-19(12-10-18)28(25,26)23(3)14-17-7-5-4-6-8-17/h4-13H,14H2,1-3H3,(H,22,24). The highest BCUT2D eigenvalue weighted by Gasteiger charge is 2.21. The quantitative estimate of drug-likeness (QED) is 0.648. The molecule has 3 aromatic rings. The molecule has 0 unspecified atom stereocenters. The summed E-state index contributed by atoms with van der Waals surface area (Å²) in [5, 5.41) is 2.82. The molecule has 0 aliphatic rings. The number of benzene rings is 2. The Bertz CT molecular complexity index is 1070. The van der Waals surface area contributed by atoms with Gasteiger partial charge in [0.2, 0.25) is 10.0 Å². The van der Waals surface area contributed by atoms with Crippen LogP contribution in [0.5, 0.6) is 0 Å². The summed E-state index contributed by atoms with van der Waals surface area (Å²) in [5.74, 6) is -0.196. The third-order valence-electron chi connectivity index (χ3n) is 4.35. The Balaban J connectivity index is 1.72. The van der Waals surface area contributed by atoms with Gasteiger partial charge in [-0.05, 0) is 49.7 Å². The first-order valence-electron chi connectivity index (χ1n) is 8.76. The molecule has 0 atom stereocenters. The summed E-state index contributed by atoms with van der Waals surface area (Å²) in [5.41, 5.74) is 2.11. The van der Waals surface area contributed by atoms with Crippen LogP contribution in [0.2, 0.25) is 0 Å². The molecule has 2 aromatic carbocycles. The summed E-state index contributed by atoms with van der Waals surface area (Å²) < 4.78 is 26.9. The number of thiophene rings is 1. The van der Waals surface area contributed by atoms with E-state index >= 15 is 0 Å². The lowest BCUT2D eigenvalue weighted by Gasteiger charge is -2.17. The summed E-state index contributed by atoms with van der Waals surface area (Å²) in [6.07, 6.45) is 0. The zero-order chi connectivity index (χ0) is 20.3. The molecule has 1 amide bonds. The topological polar surface area (TPSA) is 66.5 Å². The van der Waals surface area contributed by atoms with Crippen LogP contribution in [-0.2, 0) is 16.6 Å². The molecule has 146 valence electrons. The highest BCUT2D eigenvalue weighted by Crippen LogP contribution is 2.23. The molecule has 28 heavy (non-hydrogen) atoms. The van der Waals surface area contributed by atoms with Crippen LogP contribution in [0.3, 0.4) is 0 Å². The Morgan fingerprint density at radius 1 is 1.04 bits per heavy atom. The maximum Gasteiger partial charge on any atom is 0.256 e. The Morgan fingerprint density at radius 2 is 1.68 bits per heavy atom. The number of nitrogens with zero attached hydrogens (tertiary/aromatic N) is 1. The van der Waals surface area contributed by atoms with Gasteiger partial charge < -0.3 is 5.32 Å². The lowest BCUT2D eigenvalue weighted by molar-refractivity contribution is 0.102. The van der Waals surface area contributed by atoms with E-state index in [1.54, 1.807) is 30.5 Å². The van der Waals surface area contributed by atoms with Crippen molar-refractivity contribution in [1.82, 2.24) is 4.31 Å². The lowest BCUT2D eigenvalue weighted by Crippen LogP contribution is -2.26. The van der Waals surface area contributed by atoms with Crippen molar-refractivity contribution in [2.75, 3.05) is 12.4 Å². The van der Waals surface area contributed by atoms with Gasteiger partial charge in [-0.3, -0.25) is 4.79 Å². The average molecular weight is 415 g/mol. The van der Waals surface area contributed by atoms with Crippen LogP contribution in [0.4, 0.5) is 5.69 Å². The molecule has 0 radical (unpaired) electrons. The molecule has 0 fully saturated rings. The van der Waals surface area contributed by atoms with Crippen molar-refractivity contribution in [3.63, 3.8) is 0 Å². The minimum Gasteiger partial charge on any atom is -0.322 e. The van der Waals surface area contributed by atoms with Crippen LogP contribution in [0.1, 0.15) is 25.7 Å². The number of hydrogen-bond acceptors (Lipinski definition) is 4. The Labute approximate surface area is 169 Å². The van der Waals surface area contributed by atoms with E-state index in [1.807, 2.05) is 50.2 Å². The van der Waals surface area contributed by atoms with Crippen LogP contribution in [0, 0.1) is 13.8 Å². The van der Waals surface area contributed by atoms with Crippen molar-refractivity contribution in [1.29, 1.82) is 0 Å². The van der Waals surface area contributed by atoms with Gasteiger partial charge in [0.1, 0.15) is 0 Å². The second-order valence-electron chi connectivity index (χ2n) is 6.55. The Morgan fingerprint density at radius 3 is 2.25 bits per heavy atom. The van der Waals surface area contributed by atoms with Gasteiger partial charge >= 0.3 is 0 Å². The second-order valence-corrected chi connectivity index (χ2v) is 10.1. The van der Waals surface area contributed by atoms with Crippen LogP contribution >= 0.6 is 11.3 Å². The molecule has 0 spiro atoms. The highest BCUT2D eigenvalue weighted by atomic mass is 32.2. The minimum absolute atomic E-state index is 0.187. The number of sulfonamides is 1. The van der Waals surface area contributed by atoms with Crippen molar-refractivity contribution in [2.45, 2.75) is 25.3 Å². The molecule has 5 nitrogen and oxygen atoms in total. The van der Waals surface area contributed by atoms with E-state index in [9.17, 15) is 13.2 Å². The minimum atomic E-state index is -3.62. The molecule has 1 aromatic heterocycles. The molecule has 7 heteroatoms. The highest BCUT2D eigenvalue weighted by molar-refractivity contribution is 7.89. The average Bonchev–Trinajstić information content (AvgIpc) is 3.01. The van der Waals surface area contributed by atoms with E-state index in [-0.39, 0.29) is 10.8 Å². The van der Waals surface area contributed by atoms with Crippen molar-refractivity contribution in [3.05, 3.63) is 81.5 Å². The van der Waals surface area contributed by atoms with E-state index < -0.39 is 10.0 Å². The van der Waals surface area contributed by atoms with E-state index in [1.165, 1.54) is 16.4 Å². The third kappa shape index (κ3) is 4.49. The molecule has 0 bridgehead atoms. The van der Waals surface area contributed by atoms with Crippen molar-refractivity contribution >= 4 is 33.0 Å². The van der Waals surface area contributed by atoms with E-state index in [0.717, 1.165) is 15.3 Å². The lowest BCUT2D eigenvalue weighted by atomic mass is 10.2. The van der Waals surface area contributed by atoms with Gasteiger partial charge in [0.15, 0.2) is 0 Å². The van der Waals surface area contributed by atoms with Crippen LogP contribution in [-0.4, -0.2) is 25.7 Å². The van der Waals surface area contributed by atoms with Crippen molar-refractivity contribution in [2.24, 2.45) is 0 Å². The molecule has 0 aliphatic heterocycles. The number of nitrogens with one attached hydrogen (secondary N) is 1. The van der Waals surface area contributed by atoms with Gasteiger partial charge in [-0.2, -0.15) is 4.31 Å². The monoisotopic (exact) mass is 414 g/mol. The largest absolute Gasteiger partial charge is 0.322 e. The predicted octanol–water partition coefficient (Wildman–Crippen LogP) is 4.44. The first-order valence-corrected chi connectivity index (χ1v) is 11.0. The number of anilines is 1. The fraction of sp³-hybridized carbons (Fsp3) is 0.190. The van der Waals surface area contributed by atoms with Crippen molar-refractivity contribution in [3.8, 4) is 0 Å². The van der Waals surface area contributed by atoms with Crippen LogP contribution in [0.25, 0.3) is 0 Å². The van der Waals surface area contributed by atoms with E-state index in [0.29, 0.717) is 17.8 Å². The van der Waals surface area contributed by atoms with Crippen LogP contribution in [0.15, 0.2) is 65.6 Å².